The number of alkyl carbamates (subject to hydrolysis) is 1. The zero-order chi connectivity index (χ0) is 24.4. The molecule has 1 amide bonds. The Labute approximate surface area is 196 Å². The summed E-state index contributed by atoms with van der Waals surface area (Å²) in [6.45, 7) is 7.83. The highest BCUT2D eigenvalue weighted by Crippen LogP contribution is 2.47. The summed E-state index contributed by atoms with van der Waals surface area (Å²) in [5.41, 5.74) is 0.313. The summed E-state index contributed by atoms with van der Waals surface area (Å²) in [7, 11) is 5.36. The Morgan fingerprint density at radius 1 is 1.18 bits per heavy atom. The van der Waals surface area contributed by atoms with Crippen LogP contribution in [-0.4, -0.2) is 68.6 Å². The van der Waals surface area contributed by atoms with Gasteiger partial charge >= 0.3 is 12.1 Å². The molecule has 33 heavy (non-hydrogen) atoms. The van der Waals surface area contributed by atoms with Gasteiger partial charge in [-0.05, 0) is 71.5 Å². The van der Waals surface area contributed by atoms with Crippen molar-refractivity contribution in [3.63, 3.8) is 0 Å². The van der Waals surface area contributed by atoms with Gasteiger partial charge in [0.25, 0.3) is 0 Å². The first-order chi connectivity index (χ1) is 15.5. The Balaban J connectivity index is 1.74. The largest absolute Gasteiger partial charge is 0.493 e. The van der Waals surface area contributed by atoms with Gasteiger partial charge in [0.15, 0.2) is 11.5 Å². The summed E-state index contributed by atoms with van der Waals surface area (Å²) >= 11 is 0. The number of ether oxygens (including phenoxy) is 4. The number of hydrogen-bond donors (Lipinski definition) is 1. The van der Waals surface area contributed by atoms with Crippen LogP contribution < -0.4 is 14.8 Å². The van der Waals surface area contributed by atoms with Gasteiger partial charge in [-0.1, -0.05) is 12.1 Å². The maximum absolute atomic E-state index is 12.6. The van der Waals surface area contributed by atoms with Crippen LogP contribution >= 0.6 is 0 Å². The van der Waals surface area contributed by atoms with E-state index >= 15 is 0 Å². The lowest BCUT2D eigenvalue weighted by Gasteiger charge is -2.40. The molecule has 1 aliphatic carbocycles. The fourth-order valence-electron chi connectivity index (χ4n) is 4.68. The summed E-state index contributed by atoms with van der Waals surface area (Å²) in [5.74, 6) is 0.898. The molecule has 0 bridgehead atoms. The van der Waals surface area contributed by atoms with Crippen LogP contribution in [0.15, 0.2) is 30.4 Å². The van der Waals surface area contributed by atoms with Gasteiger partial charge in [0, 0.05) is 17.9 Å². The van der Waals surface area contributed by atoms with E-state index in [9.17, 15) is 9.59 Å². The molecule has 1 unspecified atom stereocenters. The molecule has 8 heteroatoms. The minimum absolute atomic E-state index is 0.160. The van der Waals surface area contributed by atoms with Crippen molar-refractivity contribution in [3.8, 4) is 11.5 Å². The predicted octanol–water partition coefficient (Wildman–Crippen LogP) is 3.43. The molecule has 3 rings (SSSR count). The van der Waals surface area contributed by atoms with E-state index < -0.39 is 23.7 Å². The van der Waals surface area contributed by atoms with Crippen molar-refractivity contribution in [2.75, 3.05) is 27.8 Å². The van der Waals surface area contributed by atoms with Gasteiger partial charge in [-0.3, -0.25) is 0 Å². The Morgan fingerprint density at radius 2 is 1.88 bits per heavy atom. The summed E-state index contributed by atoms with van der Waals surface area (Å²) < 4.78 is 21.9. The molecule has 0 radical (unpaired) electrons. The highest BCUT2D eigenvalue weighted by atomic mass is 16.6. The molecule has 1 aliphatic heterocycles. The van der Waals surface area contributed by atoms with Crippen molar-refractivity contribution in [3.05, 3.63) is 35.9 Å². The monoisotopic (exact) mass is 460 g/mol. The third kappa shape index (κ3) is 5.43. The van der Waals surface area contributed by atoms with Gasteiger partial charge in [0.05, 0.1) is 14.2 Å². The maximum Gasteiger partial charge on any atom is 0.408 e. The predicted molar refractivity (Wildman–Crippen MR) is 125 cm³/mol. The Bertz CT molecular complexity index is 909. The summed E-state index contributed by atoms with van der Waals surface area (Å²) in [4.78, 5) is 26.9. The third-order valence-electron chi connectivity index (χ3n) is 6.34. The minimum Gasteiger partial charge on any atom is -0.493 e. The molecule has 8 nitrogen and oxygen atoms in total. The Morgan fingerprint density at radius 3 is 2.52 bits per heavy atom. The van der Waals surface area contributed by atoms with E-state index in [1.54, 1.807) is 41.9 Å². The molecule has 0 spiro atoms. The molecule has 1 aromatic rings. The first-order valence-corrected chi connectivity index (χ1v) is 11.3. The molecule has 2 aliphatic rings. The zero-order valence-electron chi connectivity index (χ0n) is 20.6. The molecule has 1 aromatic carbocycles. The van der Waals surface area contributed by atoms with Gasteiger partial charge in [0.2, 0.25) is 0 Å². The third-order valence-corrected chi connectivity index (χ3v) is 6.34. The van der Waals surface area contributed by atoms with Crippen LogP contribution in [0.2, 0.25) is 0 Å². The summed E-state index contributed by atoms with van der Waals surface area (Å²) in [5, 5.41) is 2.54. The quantitative estimate of drug-likeness (QED) is 0.514. The van der Waals surface area contributed by atoms with Crippen LogP contribution in [0.25, 0.3) is 0 Å². The fourth-order valence-corrected chi connectivity index (χ4v) is 4.68. The van der Waals surface area contributed by atoms with Crippen molar-refractivity contribution in [2.24, 2.45) is 0 Å². The maximum atomic E-state index is 12.6. The summed E-state index contributed by atoms with van der Waals surface area (Å²) in [6.07, 6.45) is 4.72. The van der Waals surface area contributed by atoms with E-state index in [0.29, 0.717) is 17.9 Å². The second kappa shape index (κ2) is 9.63. The van der Waals surface area contributed by atoms with E-state index in [4.69, 9.17) is 18.9 Å². The average Bonchev–Trinajstić information content (AvgIpc) is 3.09. The molecule has 1 fully saturated rings. The summed E-state index contributed by atoms with van der Waals surface area (Å²) in [6, 6.07) is 5.40. The number of likely N-dealkylation sites (tertiary alicyclic amines) is 1. The Hall–Kier alpha value is -2.74. The number of hydrogen-bond acceptors (Lipinski definition) is 7. The van der Waals surface area contributed by atoms with Crippen LogP contribution in [0.3, 0.4) is 0 Å². The molecular formula is C25H36N2O6. The molecule has 0 aromatic heterocycles. The molecule has 1 N–H and O–H groups in total. The number of esters is 1. The van der Waals surface area contributed by atoms with Gasteiger partial charge in [-0.2, -0.15) is 0 Å². The van der Waals surface area contributed by atoms with Crippen molar-refractivity contribution >= 4 is 12.1 Å². The first kappa shape index (κ1) is 24.9. The van der Waals surface area contributed by atoms with Crippen molar-refractivity contribution in [1.29, 1.82) is 0 Å². The number of methoxy groups -OCH3 is 2. The van der Waals surface area contributed by atoms with Crippen molar-refractivity contribution < 1.29 is 28.5 Å². The van der Waals surface area contributed by atoms with Gasteiger partial charge in [-0.25, -0.2) is 9.59 Å². The van der Waals surface area contributed by atoms with Crippen LogP contribution in [0.4, 0.5) is 4.79 Å². The Kier molecular flexibility index (Phi) is 7.26. The highest BCUT2D eigenvalue weighted by Gasteiger charge is 2.49. The zero-order valence-corrected chi connectivity index (χ0v) is 20.6. The first-order valence-electron chi connectivity index (χ1n) is 11.3. The molecule has 182 valence electrons. The number of likely N-dealkylation sites (N-methyl/N-ethyl adjacent to an activating group) is 1. The van der Waals surface area contributed by atoms with Crippen LogP contribution in [-0.2, 0) is 19.7 Å². The van der Waals surface area contributed by atoms with E-state index in [-0.39, 0.29) is 17.6 Å². The number of fused-ring (bicyclic) bond motifs is 1. The number of carbonyl (C=O) groups excluding carboxylic acids is 2. The van der Waals surface area contributed by atoms with E-state index in [0.717, 1.165) is 18.5 Å². The van der Waals surface area contributed by atoms with Crippen LogP contribution in [0.5, 0.6) is 11.5 Å². The highest BCUT2D eigenvalue weighted by molar-refractivity contribution is 5.81. The average molecular weight is 461 g/mol. The van der Waals surface area contributed by atoms with Gasteiger partial charge in [0.1, 0.15) is 17.7 Å². The number of nitrogens with one attached hydrogen (secondary N) is 1. The molecule has 1 heterocycles. The lowest BCUT2D eigenvalue weighted by molar-refractivity contribution is -0.150. The van der Waals surface area contributed by atoms with E-state index in [1.165, 1.54) is 0 Å². The SMILES string of the molecule is COc1ccc([C@@]23C=C[C@@H](OC(=O)C(C)NC(=O)OC(C)(C)C)C[C@@H]2N(C)CC3)cc1OC. The van der Waals surface area contributed by atoms with Crippen molar-refractivity contribution in [2.45, 2.75) is 69.7 Å². The second-order valence-corrected chi connectivity index (χ2v) is 9.79. The molecule has 4 atom stereocenters. The lowest BCUT2D eigenvalue weighted by atomic mass is 9.69. The number of nitrogens with zero attached hydrogens (tertiary/aromatic N) is 1. The van der Waals surface area contributed by atoms with Crippen LogP contribution in [0, 0.1) is 0 Å². The van der Waals surface area contributed by atoms with E-state index in [1.807, 2.05) is 18.2 Å². The van der Waals surface area contributed by atoms with E-state index in [2.05, 4.69) is 29.4 Å². The normalized spacial score (nSPS) is 25.7. The van der Waals surface area contributed by atoms with Gasteiger partial charge in [-0.15, -0.1) is 0 Å². The smallest absolute Gasteiger partial charge is 0.408 e. The van der Waals surface area contributed by atoms with Gasteiger partial charge < -0.3 is 29.2 Å². The fraction of sp³-hybridized carbons (Fsp3) is 0.600. The van der Waals surface area contributed by atoms with Crippen LogP contribution in [0.1, 0.15) is 46.1 Å². The number of carbonyl (C=O) groups is 2. The molecular weight excluding hydrogens is 424 g/mol. The minimum atomic E-state index is -0.813. The number of rotatable bonds is 6. The van der Waals surface area contributed by atoms with Crippen molar-refractivity contribution in [1.82, 2.24) is 10.2 Å². The number of benzene rings is 1. The second-order valence-electron chi connectivity index (χ2n) is 9.79. The molecule has 1 saturated heterocycles. The topological polar surface area (TPSA) is 86.3 Å². The number of amides is 1. The lowest BCUT2D eigenvalue weighted by Crippen LogP contribution is -2.47. The standard InChI is InChI=1S/C25H36N2O6/c1-16(26-23(29)33-24(2,3)4)22(28)32-18-10-11-25(12-13-27(5)21(25)15-18)17-8-9-19(30-6)20(14-17)31-7/h8-11,14,16,18,21H,12-13,15H2,1-7H3,(H,26,29)/t16?,18-,21+,25+/m1/s1. The molecule has 0 saturated carbocycles.